The minimum atomic E-state index is -1.12. The van der Waals surface area contributed by atoms with Crippen molar-refractivity contribution in [3.63, 3.8) is 0 Å². The van der Waals surface area contributed by atoms with E-state index in [0.29, 0.717) is 6.61 Å². The molecule has 0 radical (unpaired) electrons. The van der Waals surface area contributed by atoms with Crippen LogP contribution in [0.3, 0.4) is 0 Å². The van der Waals surface area contributed by atoms with Crippen LogP contribution in [0.15, 0.2) is 11.1 Å². The van der Waals surface area contributed by atoms with Crippen LogP contribution in [0.1, 0.15) is 38.5 Å². The minimum Gasteiger partial charge on any atom is -0.478 e. The van der Waals surface area contributed by atoms with Crippen LogP contribution in [-0.2, 0) is 14.3 Å². The molecular weight excluding hydrogens is 236 g/mol. The molecule has 0 aromatic rings. The van der Waals surface area contributed by atoms with Crippen molar-refractivity contribution in [3.05, 3.63) is 11.1 Å². The van der Waals surface area contributed by atoms with Crippen LogP contribution in [0.4, 0.5) is 0 Å². The van der Waals surface area contributed by atoms with Gasteiger partial charge in [-0.25, -0.2) is 9.59 Å². The molecule has 2 fully saturated rings. The summed E-state index contributed by atoms with van der Waals surface area (Å²) in [5.74, 6) is -2.31. The van der Waals surface area contributed by atoms with Gasteiger partial charge in [-0.15, -0.1) is 0 Å². The number of carboxylic acid groups (broad SMARTS) is 2. The van der Waals surface area contributed by atoms with Gasteiger partial charge in [0, 0.05) is 6.42 Å². The Bertz CT molecular complexity index is 375. The Hall–Kier alpha value is -1.36. The Morgan fingerprint density at radius 1 is 1.06 bits per heavy atom. The number of rotatable bonds is 5. The molecule has 1 saturated carbocycles. The Kier molecular flexibility index (Phi) is 4.01. The van der Waals surface area contributed by atoms with Gasteiger partial charge in [-0.3, -0.25) is 0 Å². The standard InChI is InChI=1S/C13H18O5/c14-12(15)10(6-9-7-18-9)11(13(16)17)8-4-2-1-3-5-8/h8-9H,1-7H2,(H,14,15)(H,16,17)/b11-10-. The van der Waals surface area contributed by atoms with E-state index in [9.17, 15) is 19.8 Å². The molecule has 0 aromatic heterocycles. The highest BCUT2D eigenvalue weighted by Gasteiger charge is 2.33. The predicted molar refractivity (Wildman–Crippen MR) is 63.2 cm³/mol. The zero-order chi connectivity index (χ0) is 13.1. The average Bonchev–Trinajstić information content (AvgIpc) is 3.13. The Balaban J connectivity index is 2.26. The molecule has 2 rings (SSSR count). The van der Waals surface area contributed by atoms with Gasteiger partial charge in [-0.2, -0.15) is 0 Å². The summed E-state index contributed by atoms with van der Waals surface area (Å²) in [7, 11) is 0. The first kappa shape index (κ1) is 13.1. The van der Waals surface area contributed by atoms with E-state index in [1.54, 1.807) is 0 Å². The first-order valence-corrected chi connectivity index (χ1v) is 6.41. The van der Waals surface area contributed by atoms with E-state index in [0.717, 1.165) is 32.1 Å². The van der Waals surface area contributed by atoms with Gasteiger partial charge in [-0.1, -0.05) is 19.3 Å². The molecule has 1 saturated heterocycles. The lowest BCUT2D eigenvalue weighted by atomic mass is 9.81. The second-order valence-corrected chi connectivity index (χ2v) is 5.00. The van der Waals surface area contributed by atoms with Gasteiger partial charge in [0.05, 0.1) is 23.9 Å². The molecule has 2 N–H and O–H groups in total. The van der Waals surface area contributed by atoms with E-state index in [1.165, 1.54) is 0 Å². The second-order valence-electron chi connectivity index (χ2n) is 5.00. The van der Waals surface area contributed by atoms with Crippen molar-refractivity contribution in [1.82, 2.24) is 0 Å². The Labute approximate surface area is 105 Å². The highest BCUT2D eigenvalue weighted by atomic mass is 16.6. The molecule has 1 heterocycles. The summed E-state index contributed by atoms with van der Waals surface area (Å²) in [5, 5.41) is 18.5. The topological polar surface area (TPSA) is 87.1 Å². The summed E-state index contributed by atoms with van der Waals surface area (Å²) in [6.45, 7) is 0.536. The van der Waals surface area contributed by atoms with E-state index in [-0.39, 0.29) is 29.6 Å². The zero-order valence-electron chi connectivity index (χ0n) is 10.2. The lowest BCUT2D eigenvalue weighted by molar-refractivity contribution is -0.136. The average molecular weight is 254 g/mol. The summed E-state index contributed by atoms with van der Waals surface area (Å²) in [6.07, 6.45) is 4.75. The summed E-state index contributed by atoms with van der Waals surface area (Å²) in [6, 6.07) is 0. The fourth-order valence-corrected chi connectivity index (χ4v) is 2.67. The SMILES string of the molecule is O=C(O)/C(CC1CO1)=C(\C(=O)O)C1CCCCC1. The van der Waals surface area contributed by atoms with Gasteiger partial charge in [-0.05, 0) is 18.8 Å². The Morgan fingerprint density at radius 3 is 2.11 bits per heavy atom. The zero-order valence-corrected chi connectivity index (χ0v) is 10.2. The van der Waals surface area contributed by atoms with Crippen LogP contribution >= 0.6 is 0 Å². The second kappa shape index (κ2) is 5.52. The van der Waals surface area contributed by atoms with E-state index in [1.807, 2.05) is 0 Å². The fraction of sp³-hybridized carbons (Fsp3) is 0.692. The van der Waals surface area contributed by atoms with E-state index in [4.69, 9.17) is 4.74 Å². The molecule has 0 spiro atoms. The van der Waals surface area contributed by atoms with Crippen LogP contribution < -0.4 is 0 Å². The summed E-state index contributed by atoms with van der Waals surface area (Å²) >= 11 is 0. The number of epoxide rings is 1. The van der Waals surface area contributed by atoms with Crippen molar-refractivity contribution in [2.75, 3.05) is 6.61 Å². The van der Waals surface area contributed by atoms with E-state index < -0.39 is 11.9 Å². The number of ether oxygens (including phenoxy) is 1. The molecule has 5 nitrogen and oxygen atoms in total. The number of hydrogen-bond acceptors (Lipinski definition) is 3. The van der Waals surface area contributed by atoms with Crippen molar-refractivity contribution in [2.24, 2.45) is 5.92 Å². The third kappa shape index (κ3) is 3.10. The quantitative estimate of drug-likeness (QED) is 0.577. The Morgan fingerprint density at radius 2 is 1.67 bits per heavy atom. The third-order valence-corrected chi connectivity index (χ3v) is 3.66. The molecule has 0 amide bonds. The van der Waals surface area contributed by atoms with Gasteiger partial charge in [0.2, 0.25) is 0 Å². The molecule has 2 aliphatic rings. The van der Waals surface area contributed by atoms with Crippen LogP contribution in [0.2, 0.25) is 0 Å². The molecule has 1 aliphatic heterocycles. The lowest BCUT2D eigenvalue weighted by Gasteiger charge is -2.23. The number of carboxylic acids is 2. The highest BCUT2D eigenvalue weighted by Crippen LogP contribution is 2.34. The maximum Gasteiger partial charge on any atom is 0.332 e. The molecule has 18 heavy (non-hydrogen) atoms. The van der Waals surface area contributed by atoms with Crippen molar-refractivity contribution in [2.45, 2.75) is 44.6 Å². The normalized spacial score (nSPS) is 25.4. The lowest BCUT2D eigenvalue weighted by Crippen LogP contribution is -2.21. The van der Waals surface area contributed by atoms with Gasteiger partial charge >= 0.3 is 11.9 Å². The van der Waals surface area contributed by atoms with Crippen LogP contribution in [-0.4, -0.2) is 34.9 Å². The van der Waals surface area contributed by atoms with E-state index >= 15 is 0 Å². The molecule has 0 aromatic carbocycles. The summed E-state index contributed by atoms with van der Waals surface area (Å²) in [4.78, 5) is 22.7. The highest BCUT2D eigenvalue weighted by molar-refractivity contribution is 5.99. The summed E-state index contributed by atoms with van der Waals surface area (Å²) < 4.78 is 5.02. The minimum absolute atomic E-state index is 0.0388. The van der Waals surface area contributed by atoms with Gasteiger partial charge < -0.3 is 14.9 Å². The van der Waals surface area contributed by atoms with Gasteiger partial charge in [0.15, 0.2) is 0 Å². The smallest absolute Gasteiger partial charge is 0.332 e. The molecule has 5 heteroatoms. The van der Waals surface area contributed by atoms with Gasteiger partial charge in [0.1, 0.15) is 0 Å². The molecule has 1 atom stereocenters. The molecule has 100 valence electrons. The number of hydrogen-bond donors (Lipinski definition) is 2. The maximum absolute atomic E-state index is 11.4. The van der Waals surface area contributed by atoms with Crippen LogP contribution in [0.5, 0.6) is 0 Å². The van der Waals surface area contributed by atoms with Crippen molar-refractivity contribution in [3.8, 4) is 0 Å². The predicted octanol–water partition coefficient (Wildman–Crippen LogP) is 1.82. The molecule has 1 unspecified atom stereocenters. The van der Waals surface area contributed by atoms with Crippen molar-refractivity contribution in [1.29, 1.82) is 0 Å². The van der Waals surface area contributed by atoms with E-state index in [2.05, 4.69) is 0 Å². The molecule has 1 aliphatic carbocycles. The molecule has 0 bridgehead atoms. The third-order valence-electron chi connectivity index (χ3n) is 3.66. The van der Waals surface area contributed by atoms with Crippen molar-refractivity contribution >= 4 is 11.9 Å². The van der Waals surface area contributed by atoms with Crippen LogP contribution in [0, 0.1) is 5.92 Å². The first-order chi connectivity index (χ1) is 8.59. The van der Waals surface area contributed by atoms with Gasteiger partial charge in [0.25, 0.3) is 0 Å². The number of aliphatic carboxylic acids is 2. The maximum atomic E-state index is 11.4. The molecular formula is C13H18O5. The first-order valence-electron chi connectivity index (χ1n) is 6.41. The fourth-order valence-electron chi connectivity index (χ4n) is 2.67. The number of carbonyl (C=O) groups is 2. The van der Waals surface area contributed by atoms with Crippen LogP contribution in [0.25, 0.3) is 0 Å². The largest absolute Gasteiger partial charge is 0.478 e. The monoisotopic (exact) mass is 254 g/mol. The summed E-state index contributed by atoms with van der Waals surface area (Å²) in [5.41, 5.74) is 0.148. The van der Waals surface area contributed by atoms with Crippen molar-refractivity contribution < 1.29 is 24.5 Å².